The summed E-state index contributed by atoms with van der Waals surface area (Å²) in [6.45, 7) is 0. The molecule has 3 rings (SSSR count). The van der Waals surface area contributed by atoms with E-state index in [9.17, 15) is 4.79 Å². The first-order chi connectivity index (χ1) is 11.5. The number of carboxylic acid groups (broad SMARTS) is 2. The molecule has 1 aliphatic rings. The lowest BCUT2D eigenvalue weighted by atomic mass is 9.91. The summed E-state index contributed by atoms with van der Waals surface area (Å²) in [4.78, 5) is 32.2. The van der Waals surface area contributed by atoms with Crippen molar-refractivity contribution in [3.8, 4) is 0 Å². The average Bonchev–Trinajstić information content (AvgIpc) is 2.92. The van der Waals surface area contributed by atoms with Gasteiger partial charge in [0.25, 0.3) is 0 Å². The fourth-order valence-electron chi connectivity index (χ4n) is 2.82. The van der Waals surface area contributed by atoms with Crippen LogP contribution in [0.25, 0.3) is 10.9 Å². The van der Waals surface area contributed by atoms with Crippen molar-refractivity contribution >= 4 is 34.9 Å². The van der Waals surface area contributed by atoms with Crippen molar-refractivity contribution in [1.82, 2.24) is 10.3 Å². The van der Waals surface area contributed by atoms with E-state index in [0.29, 0.717) is 6.04 Å². The van der Waals surface area contributed by atoms with Gasteiger partial charge in [-0.3, -0.25) is 4.79 Å². The molecule has 2 aromatic rings. The van der Waals surface area contributed by atoms with Gasteiger partial charge in [0.15, 0.2) is 0 Å². The van der Waals surface area contributed by atoms with Gasteiger partial charge in [0.05, 0.1) is 0 Å². The molecule has 1 amide bonds. The average molecular weight is 333 g/mol. The van der Waals surface area contributed by atoms with Gasteiger partial charge in [-0.05, 0) is 50.1 Å². The van der Waals surface area contributed by atoms with Crippen molar-refractivity contribution in [3.63, 3.8) is 0 Å². The molecular weight excluding hydrogens is 314 g/mol. The van der Waals surface area contributed by atoms with Crippen LogP contribution >= 0.6 is 0 Å². The third kappa shape index (κ3) is 3.90. The van der Waals surface area contributed by atoms with E-state index in [0.717, 1.165) is 30.5 Å². The molecule has 0 fully saturated rings. The molecule has 24 heavy (non-hydrogen) atoms. The number of carboxylic acids is 2. The molecule has 0 aliphatic heterocycles. The monoisotopic (exact) mass is 333 g/mol. The number of aromatic nitrogens is 1. The molecule has 0 radical (unpaired) electrons. The molecule has 0 saturated heterocycles. The molecule has 128 valence electrons. The van der Waals surface area contributed by atoms with Gasteiger partial charge in [0, 0.05) is 28.3 Å². The number of nitrogens with one attached hydrogen (secondary N) is 3. The number of likely N-dealkylation sites (N-methyl/N-ethyl adjacent to an activating group) is 1. The number of carbonyl (C=O) groups excluding carboxylic acids is 1. The summed E-state index contributed by atoms with van der Waals surface area (Å²) in [6.07, 6.45) is 4.04. The molecule has 8 heteroatoms. The molecule has 5 N–H and O–H groups in total. The Hall–Kier alpha value is -2.87. The molecule has 8 nitrogen and oxygen atoms in total. The number of aromatic amines is 1. The standard InChI is InChI=1S/C14H17N3O.C2H2O4/c1-15-9-2-4-13-11(6-9)12-7-10(16-8-18)3-5-14(12)17-13;3-1(4)2(5)6/h3,5,7-9,15,17H,2,4,6H2,1H3,(H,16,18);(H,3,4)(H,5,6). The fraction of sp³-hybridized carbons (Fsp3) is 0.312. The van der Waals surface area contributed by atoms with Gasteiger partial charge in [-0.1, -0.05) is 0 Å². The molecule has 1 heterocycles. The van der Waals surface area contributed by atoms with Gasteiger partial charge in [-0.2, -0.15) is 0 Å². The maximum Gasteiger partial charge on any atom is 0.414 e. The topological polar surface area (TPSA) is 132 Å². The van der Waals surface area contributed by atoms with Gasteiger partial charge in [-0.15, -0.1) is 0 Å². The van der Waals surface area contributed by atoms with Crippen molar-refractivity contribution in [2.24, 2.45) is 0 Å². The SMILES string of the molecule is CNC1CCc2[nH]c3ccc(NC=O)cc3c2C1.O=C(O)C(=O)O. The summed E-state index contributed by atoms with van der Waals surface area (Å²) in [5.74, 6) is -3.65. The second-order valence-corrected chi connectivity index (χ2v) is 5.44. The smallest absolute Gasteiger partial charge is 0.414 e. The minimum absolute atomic E-state index is 0.555. The molecule has 1 aromatic heterocycles. The van der Waals surface area contributed by atoms with Crippen LogP contribution in [-0.2, 0) is 27.2 Å². The molecule has 1 unspecified atom stereocenters. The summed E-state index contributed by atoms with van der Waals surface area (Å²) in [7, 11) is 2.02. The Bertz CT molecular complexity index is 756. The van der Waals surface area contributed by atoms with Crippen LogP contribution in [0.2, 0.25) is 0 Å². The van der Waals surface area contributed by atoms with Crippen molar-refractivity contribution in [3.05, 3.63) is 29.5 Å². The van der Waals surface area contributed by atoms with E-state index in [1.165, 1.54) is 23.1 Å². The molecule has 0 spiro atoms. The summed E-state index contributed by atoms with van der Waals surface area (Å²) in [6, 6.07) is 6.57. The summed E-state index contributed by atoms with van der Waals surface area (Å²) >= 11 is 0. The number of aryl methyl sites for hydroxylation is 1. The fourth-order valence-corrected chi connectivity index (χ4v) is 2.82. The van der Waals surface area contributed by atoms with Gasteiger partial charge in [0.1, 0.15) is 0 Å². The molecule has 1 atom stereocenters. The first-order valence-corrected chi connectivity index (χ1v) is 7.43. The highest BCUT2D eigenvalue weighted by molar-refractivity contribution is 6.27. The van der Waals surface area contributed by atoms with E-state index in [2.05, 4.69) is 21.7 Å². The van der Waals surface area contributed by atoms with E-state index < -0.39 is 11.9 Å². The van der Waals surface area contributed by atoms with Crippen LogP contribution in [0.15, 0.2) is 18.2 Å². The summed E-state index contributed by atoms with van der Waals surface area (Å²) in [5, 5.41) is 22.1. The number of H-pyrrole nitrogens is 1. The van der Waals surface area contributed by atoms with Crippen LogP contribution in [0.5, 0.6) is 0 Å². The highest BCUT2D eigenvalue weighted by Crippen LogP contribution is 2.30. The summed E-state index contributed by atoms with van der Waals surface area (Å²) < 4.78 is 0. The maximum absolute atomic E-state index is 10.5. The molecule has 1 aliphatic carbocycles. The molecule has 0 bridgehead atoms. The third-order valence-electron chi connectivity index (χ3n) is 4.00. The number of aliphatic carboxylic acids is 2. The second-order valence-electron chi connectivity index (χ2n) is 5.44. The highest BCUT2D eigenvalue weighted by Gasteiger charge is 2.21. The zero-order valence-corrected chi connectivity index (χ0v) is 13.1. The molecule has 1 aromatic carbocycles. The first-order valence-electron chi connectivity index (χ1n) is 7.43. The Kier molecular flexibility index (Phi) is 5.54. The second kappa shape index (κ2) is 7.60. The Morgan fingerprint density at radius 1 is 1.29 bits per heavy atom. The number of hydrogen-bond acceptors (Lipinski definition) is 4. The zero-order chi connectivity index (χ0) is 17.7. The number of hydrogen-bond donors (Lipinski definition) is 5. The van der Waals surface area contributed by atoms with Crippen LogP contribution in [0.4, 0.5) is 5.69 Å². The van der Waals surface area contributed by atoms with E-state index in [4.69, 9.17) is 19.8 Å². The number of amides is 1. The van der Waals surface area contributed by atoms with Crippen molar-refractivity contribution in [2.75, 3.05) is 12.4 Å². The van der Waals surface area contributed by atoms with Crippen LogP contribution in [-0.4, -0.2) is 46.6 Å². The predicted octanol–water partition coefficient (Wildman–Crippen LogP) is 0.968. The van der Waals surface area contributed by atoms with E-state index in [1.54, 1.807) is 0 Å². The van der Waals surface area contributed by atoms with Gasteiger partial charge < -0.3 is 25.8 Å². The van der Waals surface area contributed by atoms with Crippen LogP contribution in [0, 0.1) is 0 Å². The van der Waals surface area contributed by atoms with E-state index >= 15 is 0 Å². The number of rotatable bonds is 3. The Balaban J connectivity index is 0.000000301. The van der Waals surface area contributed by atoms with Crippen molar-refractivity contribution in [1.29, 1.82) is 0 Å². The van der Waals surface area contributed by atoms with E-state index in [1.807, 2.05) is 19.2 Å². The first kappa shape index (κ1) is 17.5. The van der Waals surface area contributed by atoms with Crippen molar-refractivity contribution in [2.45, 2.75) is 25.3 Å². The van der Waals surface area contributed by atoms with Gasteiger partial charge >= 0.3 is 11.9 Å². The van der Waals surface area contributed by atoms with Crippen LogP contribution < -0.4 is 10.6 Å². The van der Waals surface area contributed by atoms with Gasteiger partial charge in [-0.25, -0.2) is 9.59 Å². The number of fused-ring (bicyclic) bond motifs is 3. The Morgan fingerprint density at radius 2 is 2.00 bits per heavy atom. The molecule has 0 saturated carbocycles. The minimum atomic E-state index is -1.82. The lowest BCUT2D eigenvalue weighted by Crippen LogP contribution is -2.31. The number of anilines is 1. The van der Waals surface area contributed by atoms with Gasteiger partial charge in [0.2, 0.25) is 6.41 Å². The lowest BCUT2D eigenvalue weighted by molar-refractivity contribution is -0.159. The number of carbonyl (C=O) groups is 3. The lowest BCUT2D eigenvalue weighted by Gasteiger charge is -2.21. The van der Waals surface area contributed by atoms with Crippen LogP contribution in [0.1, 0.15) is 17.7 Å². The normalized spacial score (nSPS) is 15.8. The van der Waals surface area contributed by atoms with E-state index in [-0.39, 0.29) is 0 Å². The largest absolute Gasteiger partial charge is 0.473 e. The minimum Gasteiger partial charge on any atom is -0.473 e. The van der Waals surface area contributed by atoms with Crippen LogP contribution in [0.3, 0.4) is 0 Å². The molecular formula is C16H19N3O5. The Morgan fingerprint density at radius 3 is 2.58 bits per heavy atom. The van der Waals surface area contributed by atoms with Crippen molar-refractivity contribution < 1.29 is 24.6 Å². The quantitative estimate of drug-likeness (QED) is 0.420. The number of benzene rings is 1. The predicted molar refractivity (Wildman–Crippen MR) is 88.1 cm³/mol. The highest BCUT2D eigenvalue weighted by atomic mass is 16.4. The third-order valence-corrected chi connectivity index (χ3v) is 4.00. The zero-order valence-electron chi connectivity index (χ0n) is 13.1. The Labute approximate surface area is 137 Å². The summed E-state index contributed by atoms with van der Waals surface area (Å²) in [5.41, 5.74) is 4.75. The maximum atomic E-state index is 10.5.